The Hall–Kier alpha value is -1.47. The standard InChI is InChI=1S/C15H22FN3O3/c1-15(16)3-6-19(7-4-15)14(21)12-10-22-13(17-12)9-18-5-2-11(20)8-18/h10-11,20H,2-9H2,1H3/t11-/m0/s1. The molecule has 122 valence electrons. The van der Waals surface area contributed by atoms with Crippen molar-refractivity contribution >= 4 is 5.91 Å². The van der Waals surface area contributed by atoms with Gasteiger partial charge in [0.05, 0.1) is 12.6 Å². The summed E-state index contributed by atoms with van der Waals surface area (Å²) in [6.45, 7) is 4.29. The number of nitrogens with zero attached hydrogens (tertiary/aromatic N) is 3. The van der Waals surface area contributed by atoms with E-state index in [1.165, 1.54) is 6.26 Å². The summed E-state index contributed by atoms with van der Waals surface area (Å²) in [6.07, 6.45) is 2.54. The summed E-state index contributed by atoms with van der Waals surface area (Å²) in [4.78, 5) is 20.2. The zero-order chi connectivity index (χ0) is 15.7. The molecule has 22 heavy (non-hydrogen) atoms. The van der Waals surface area contributed by atoms with Crippen LogP contribution in [0.15, 0.2) is 10.7 Å². The third-order valence-electron chi connectivity index (χ3n) is 4.47. The summed E-state index contributed by atoms with van der Waals surface area (Å²) in [6, 6.07) is 0. The number of carbonyl (C=O) groups excluding carboxylic acids is 1. The second kappa shape index (κ2) is 5.96. The Morgan fingerprint density at radius 2 is 2.23 bits per heavy atom. The molecule has 1 N–H and O–H groups in total. The van der Waals surface area contributed by atoms with Gasteiger partial charge < -0.3 is 14.4 Å². The number of aliphatic hydroxyl groups is 1. The van der Waals surface area contributed by atoms with Crippen LogP contribution in [-0.2, 0) is 6.54 Å². The van der Waals surface area contributed by atoms with E-state index in [4.69, 9.17) is 4.42 Å². The molecule has 1 atom stereocenters. The minimum atomic E-state index is -1.18. The van der Waals surface area contributed by atoms with E-state index < -0.39 is 5.67 Å². The smallest absolute Gasteiger partial charge is 0.275 e. The number of β-amino-alcohol motifs (C(OH)–C–C–N with tert-alkyl or cyclic N) is 1. The highest BCUT2D eigenvalue weighted by molar-refractivity contribution is 5.92. The van der Waals surface area contributed by atoms with Gasteiger partial charge in [0.15, 0.2) is 5.69 Å². The predicted octanol–water partition coefficient (Wildman–Crippen LogP) is 1.21. The van der Waals surface area contributed by atoms with Crippen LogP contribution in [0.5, 0.6) is 0 Å². The zero-order valence-electron chi connectivity index (χ0n) is 12.8. The molecule has 6 nitrogen and oxygen atoms in total. The predicted molar refractivity (Wildman–Crippen MR) is 77.1 cm³/mol. The number of aliphatic hydroxyl groups excluding tert-OH is 1. The number of hydrogen-bond acceptors (Lipinski definition) is 5. The van der Waals surface area contributed by atoms with E-state index in [2.05, 4.69) is 4.98 Å². The fraction of sp³-hybridized carbons (Fsp3) is 0.733. The van der Waals surface area contributed by atoms with Gasteiger partial charge in [-0.15, -0.1) is 0 Å². The number of oxazole rings is 1. The molecule has 3 heterocycles. The van der Waals surface area contributed by atoms with Crippen LogP contribution < -0.4 is 0 Å². The Bertz CT molecular complexity index is 536. The van der Waals surface area contributed by atoms with Crippen molar-refractivity contribution in [1.82, 2.24) is 14.8 Å². The van der Waals surface area contributed by atoms with Crippen molar-refractivity contribution in [1.29, 1.82) is 0 Å². The van der Waals surface area contributed by atoms with Crippen LogP contribution in [-0.4, -0.2) is 63.7 Å². The molecule has 1 aromatic heterocycles. The summed E-state index contributed by atoms with van der Waals surface area (Å²) in [5, 5.41) is 9.50. The number of aromatic nitrogens is 1. The largest absolute Gasteiger partial charge is 0.447 e. The van der Waals surface area contributed by atoms with Gasteiger partial charge >= 0.3 is 0 Å². The van der Waals surface area contributed by atoms with Crippen molar-refractivity contribution in [3.05, 3.63) is 17.8 Å². The normalized spacial score (nSPS) is 25.6. The molecule has 2 aliphatic rings. The van der Waals surface area contributed by atoms with E-state index >= 15 is 0 Å². The van der Waals surface area contributed by atoms with Gasteiger partial charge in [-0.1, -0.05) is 0 Å². The molecule has 1 aromatic rings. The van der Waals surface area contributed by atoms with Gasteiger partial charge in [0, 0.05) is 26.2 Å². The van der Waals surface area contributed by atoms with E-state index in [0.29, 0.717) is 44.9 Å². The van der Waals surface area contributed by atoms with Gasteiger partial charge in [0.25, 0.3) is 5.91 Å². The number of halogens is 1. The van der Waals surface area contributed by atoms with Gasteiger partial charge in [0.2, 0.25) is 5.89 Å². The minimum absolute atomic E-state index is 0.202. The summed E-state index contributed by atoms with van der Waals surface area (Å²) < 4.78 is 19.1. The van der Waals surface area contributed by atoms with Crippen LogP contribution in [0.3, 0.4) is 0 Å². The molecule has 7 heteroatoms. The lowest BCUT2D eigenvalue weighted by molar-refractivity contribution is 0.0499. The number of hydrogen-bond donors (Lipinski definition) is 1. The van der Waals surface area contributed by atoms with E-state index in [1.807, 2.05) is 4.90 Å². The van der Waals surface area contributed by atoms with Crippen LogP contribution in [0, 0.1) is 0 Å². The van der Waals surface area contributed by atoms with Crippen LogP contribution in [0.4, 0.5) is 4.39 Å². The lowest BCUT2D eigenvalue weighted by Gasteiger charge is -2.33. The fourth-order valence-corrected chi connectivity index (χ4v) is 2.97. The molecule has 0 radical (unpaired) electrons. The molecule has 2 fully saturated rings. The number of rotatable bonds is 3. The average molecular weight is 311 g/mol. The van der Waals surface area contributed by atoms with Crippen molar-refractivity contribution < 1.29 is 18.7 Å². The van der Waals surface area contributed by atoms with Crippen LogP contribution >= 0.6 is 0 Å². The molecule has 0 saturated carbocycles. The SMILES string of the molecule is CC1(F)CCN(C(=O)c2coc(CN3CC[C@H](O)C3)n2)CC1. The Morgan fingerprint density at radius 1 is 1.50 bits per heavy atom. The monoisotopic (exact) mass is 311 g/mol. The first-order valence-electron chi connectivity index (χ1n) is 7.76. The Kier molecular flexibility index (Phi) is 4.18. The molecule has 0 aromatic carbocycles. The first-order valence-corrected chi connectivity index (χ1v) is 7.76. The highest BCUT2D eigenvalue weighted by Crippen LogP contribution is 2.26. The van der Waals surface area contributed by atoms with Gasteiger partial charge in [-0.05, 0) is 26.2 Å². The molecule has 0 spiro atoms. The first-order chi connectivity index (χ1) is 10.4. The van der Waals surface area contributed by atoms with Crippen LogP contribution in [0.25, 0.3) is 0 Å². The topological polar surface area (TPSA) is 69.8 Å². The number of likely N-dealkylation sites (tertiary alicyclic amines) is 2. The summed E-state index contributed by atoms with van der Waals surface area (Å²) in [5.74, 6) is 0.275. The maximum Gasteiger partial charge on any atom is 0.275 e. The second-order valence-electron chi connectivity index (χ2n) is 6.51. The third-order valence-corrected chi connectivity index (χ3v) is 4.47. The van der Waals surface area contributed by atoms with E-state index in [0.717, 1.165) is 13.0 Å². The molecule has 0 bridgehead atoms. The quantitative estimate of drug-likeness (QED) is 0.908. The van der Waals surface area contributed by atoms with Gasteiger partial charge in [-0.2, -0.15) is 0 Å². The highest BCUT2D eigenvalue weighted by atomic mass is 19.1. The number of carbonyl (C=O) groups is 1. The van der Waals surface area contributed by atoms with Crippen LogP contribution in [0.2, 0.25) is 0 Å². The van der Waals surface area contributed by atoms with E-state index in [1.54, 1.807) is 11.8 Å². The fourth-order valence-electron chi connectivity index (χ4n) is 2.97. The minimum Gasteiger partial charge on any atom is -0.447 e. The number of piperidine rings is 1. The van der Waals surface area contributed by atoms with Crippen molar-refractivity contribution in [3.63, 3.8) is 0 Å². The molecule has 0 unspecified atom stereocenters. The first kappa shape index (κ1) is 15.4. The lowest BCUT2D eigenvalue weighted by atomic mass is 9.95. The highest BCUT2D eigenvalue weighted by Gasteiger charge is 2.32. The second-order valence-corrected chi connectivity index (χ2v) is 6.51. The summed E-state index contributed by atoms with van der Waals surface area (Å²) >= 11 is 0. The van der Waals surface area contributed by atoms with Gasteiger partial charge in [-0.3, -0.25) is 9.69 Å². The van der Waals surface area contributed by atoms with Crippen molar-refractivity contribution in [2.24, 2.45) is 0 Å². The maximum atomic E-state index is 13.8. The maximum absolute atomic E-state index is 13.8. The van der Waals surface area contributed by atoms with Crippen molar-refractivity contribution in [2.75, 3.05) is 26.2 Å². The summed E-state index contributed by atoms with van der Waals surface area (Å²) in [7, 11) is 0. The van der Waals surface area contributed by atoms with Gasteiger partial charge in [-0.25, -0.2) is 9.37 Å². The molecule has 3 rings (SSSR count). The van der Waals surface area contributed by atoms with E-state index in [-0.39, 0.29) is 17.7 Å². The summed E-state index contributed by atoms with van der Waals surface area (Å²) in [5.41, 5.74) is -0.903. The Balaban J connectivity index is 1.57. The number of alkyl halides is 1. The van der Waals surface area contributed by atoms with Gasteiger partial charge in [0.1, 0.15) is 11.9 Å². The molecular weight excluding hydrogens is 289 g/mol. The molecule has 1 amide bonds. The molecule has 2 saturated heterocycles. The lowest BCUT2D eigenvalue weighted by Crippen LogP contribution is -2.43. The molecule has 0 aliphatic carbocycles. The van der Waals surface area contributed by atoms with Crippen molar-refractivity contribution in [3.8, 4) is 0 Å². The van der Waals surface area contributed by atoms with E-state index in [9.17, 15) is 14.3 Å². The Morgan fingerprint density at radius 3 is 2.86 bits per heavy atom. The number of amides is 1. The van der Waals surface area contributed by atoms with Crippen LogP contribution in [0.1, 0.15) is 42.6 Å². The van der Waals surface area contributed by atoms with Crippen molar-refractivity contribution in [2.45, 2.75) is 44.5 Å². The Labute approximate surface area is 128 Å². The molecular formula is C15H22FN3O3. The third kappa shape index (κ3) is 3.47. The average Bonchev–Trinajstić information content (AvgIpc) is 3.08. The molecule has 2 aliphatic heterocycles. The zero-order valence-corrected chi connectivity index (χ0v) is 12.8.